The number of amides is 1. The zero-order valence-electron chi connectivity index (χ0n) is 15.3. The Morgan fingerprint density at radius 3 is 2.54 bits per heavy atom. The van der Waals surface area contributed by atoms with E-state index in [0.717, 1.165) is 32.4 Å². The summed E-state index contributed by atoms with van der Waals surface area (Å²) >= 11 is 3.27. The number of carbonyl (C=O) groups excluding carboxylic acids is 1. The van der Waals surface area contributed by atoms with E-state index in [4.69, 9.17) is 4.98 Å². The molecule has 0 atom stereocenters. The van der Waals surface area contributed by atoms with Crippen LogP contribution >= 0.6 is 23.1 Å². The number of aromatic nitrogens is 1. The monoisotopic (exact) mass is 385 g/mol. The third-order valence-electron chi connectivity index (χ3n) is 4.09. The lowest BCUT2D eigenvalue weighted by atomic mass is 10.1. The highest BCUT2D eigenvalue weighted by Gasteiger charge is 2.20. The number of likely N-dealkylation sites (N-methyl/N-ethyl adjacent to an activating group) is 1. The van der Waals surface area contributed by atoms with Crippen molar-refractivity contribution in [2.45, 2.75) is 11.3 Å². The van der Waals surface area contributed by atoms with Crippen molar-refractivity contribution in [3.63, 3.8) is 0 Å². The molecule has 4 nitrogen and oxygen atoms in total. The van der Waals surface area contributed by atoms with Crippen LogP contribution in [0.25, 0.3) is 10.2 Å². The van der Waals surface area contributed by atoms with Crippen LogP contribution in [0.5, 0.6) is 0 Å². The van der Waals surface area contributed by atoms with Gasteiger partial charge in [-0.3, -0.25) is 9.69 Å². The molecule has 0 aliphatic carbocycles. The van der Waals surface area contributed by atoms with E-state index >= 15 is 0 Å². The molecule has 0 bridgehead atoms. The Kier molecular flexibility index (Phi) is 6.29. The average Bonchev–Trinajstić information content (AvgIpc) is 3.06. The summed E-state index contributed by atoms with van der Waals surface area (Å²) in [6.07, 6.45) is 2.44. The van der Waals surface area contributed by atoms with Crippen LogP contribution in [0.1, 0.15) is 5.56 Å². The smallest absolute Gasteiger partial charge is 0.233 e. The maximum atomic E-state index is 13.0. The second-order valence-corrected chi connectivity index (χ2v) is 8.17. The molecule has 0 aliphatic rings. The summed E-state index contributed by atoms with van der Waals surface area (Å²) < 4.78 is 1.12. The maximum Gasteiger partial charge on any atom is 0.233 e. The van der Waals surface area contributed by atoms with Gasteiger partial charge in [0.25, 0.3) is 0 Å². The Labute approximate surface area is 162 Å². The molecule has 1 heterocycles. The van der Waals surface area contributed by atoms with E-state index in [0.29, 0.717) is 13.0 Å². The second kappa shape index (κ2) is 8.66. The lowest BCUT2D eigenvalue weighted by Crippen LogP contribution is -2.37. The number of fused-ring (bicyclic) bond motifs is 1. The molecule has 3 aromatic rings. The summed E-state index contributed by atoms with van der Waals surface area (Å²) in [5.41, 5.74) is 2.01. The largest absolute Gasteiger partial charge is 0.308 e. The first-order valence-corrected chi connectivity index (χ1v) is 10.5. The van der Waals surface area contributed by atoms with Gasteiger partial charge in [-0.2, -0.15) is 0 Å². The fraction of sp³-hybridized carbons (Fsp3) is 0.300. The number of anilines is 1. The summed E-state index contributed by atoms with van der Waals surface area (Å²) in [5, 5.41) is 0.782. The molecule has 2 aromatic carbocycles. The van der Waals surface area contributed by atoms with Crippen molar-refractivity contribution in [1.29, 1.82) is 0 Å². The van der Waals surface area contributed by atoms with Crippen molar-refractivity contribution >= 4 is 44.4 Å². The van der Waals surface area contributed by atoms with E-state index in [-0.39, 0.29) is 5.91 Å². The van der Waals surface area contributed by atoms with Gasteiger partial charge in [0.05, 0.1) is 16.6 Å². The Bertz CT molecular complexity index is 877. The third-order valence-corrected chi connectivity index (χ3v) is 5.90. The molecule has 0 unspecified atom stereocenters. The zero-order valence-corrected chi connectivity index (χ0v) is 16.9. The molecule has 0 saturated heterocycles. The van der Waals surface area contributed by atoms with Gasteiger partial charge in [-0.1, -0.05) is 47.7 Å². The van der Waals surface area contributed by atoms with Gasteiger partial charge in [-0.15, -0.1) is 11.8 Å². The number of benzene rings is 2. The van der Waals surface area contributed by atoms with Crippen molar-refractivity contribution in [3.8, 4) is 0 Å². The molecule has 136 valence electrons. The van der Waals surface area contributed by atoms with E-state index < -0.39 is 0 Å². The van der Waals surface area contributed by atoms with Crippen molar-refractivity contribution in [3.05, 3.63) is 54.1 Å². The number of carbonyl (C=O) groups is 1. The van der Waals surface area contributed by atoms with E-state index in [9.17, 15) is 4.79 Å². The minimum absolute atomic E-state index is 0.0859. The van der Waals surface area contributed by atoms with Gasteiger partial charge in [-0.05, 0) is 38.0 Å². The van der Waals surface area contributed by atoms with Crippen LogP contribution in [-0.4, -0.2) is 49.2 Å². The summed E-state index contributed by atoms with van der Waals surface area (Å²) in [7, 11) is 4.04. The predicted molar refractivity (Wildman–Crippen MR) is 112 cm³/mol. The molecule has 1 aromatic heterocycles. The van der Waals surface area contributed by atoms with Gasteiger partial charge >= 0.3 is 0 Å². The molecule has 0 radical (unpaired) electrons. The first-order valence-electron chi connectivity index (χ1n) is 8.51. The van der Waals surface area contributed by atoms with Gasteiger partial charge in [0.1, 0.15) is 0 Å². The van der Waals surface area contributed by atoms with E-state index in [2.05, 4.69) is 23.3 Å². The molecule has 0 aliphatic heterocycles. The number of rotatable bonds is 7. The van der Waals surface area contributed by atoms with Gasteiger partial charge in [0.2, 0.25) is 5.91 Å². The second-order valence-electron chi connectivity index (χ2n) is 6.31. The number of thiazole rings is 1. The quantitative estimate of drug-likeness (QED) is 0.572. The molecule has 0 saturated carbocycles. The Morgan fingerprint density at radius 2 is 1.85 bits per heavy atom. The molecule has 1 amide bonds. The highest BCUT2D eigenvalue weighted by molar-refractivity contribution is 7.98. The first kappa shape index (κ1) is 18.9. The highest BCUT2D eigenvalue weighted by atomic mass is 32.2. The fourth-order valence-corrected chi connectivity index (χ4v) is 4.35. The summed E-state index contributed by atoms with van der Waals surface area (Å²) in [4.78, 5) is 22.9. The number of hydrogen-bond donors (Lipinski definition) is 0. The molecule has 26 heavy (non-hydrogen) atoms. The van der Waals surface area contributed by atoms with Gasteiger partial charge in [-0.25, -0.2) is 4.98 Å². The third kappa shape index (κ3) is 4.44. The Hall–Kier alpha value is -1.89. The van der Waals surface area contributed by atoms with E-state index in [1.807, 2.05) is 55.4 Å². The van der Waals surface area contributed by atoms with Crippen molar-refractivity contribution in [2.24, 2.45) is 0 Å². The summed E-state index contributed by atoms with van der Waals surface area (Å²) in [5.74, 6) is 0.0859. The lowest BCUT2D eigenvalue weighted by molar-refractivity contribution is -0.118. The SMILES string of the molecule is CSc1cccc2sc(N(CCN(C)C)C(=O)Cc3ccccc3)nc12. The standard InChI is InChI=1S/C20H23N3OS2/c1-22(2)12-13-23(18(24)14-15-8-5-4-6-9-15)20-21-19-16(25-3)10-7-11-17(19)26-20/h4-11H,12-14H2,1-3H3. The fourth-order valence-electron chi connectivity index (χ4n) is 2.68. The molecule has 6 heteroatoms. The van der Waals surface area contributed by atoms with Crippen LogP contribution in [0.3, 0.4) is 0 Å². The molecule has 3 rings (SSSR count). The molecule has 0 N–H and O–H groups in total. The van der Waals surface area contributed by atoms with Crippen molar-refractivity contribution in [2.75, 3.05) is 38.3 Å². The normalized spacial score (nSPS) is 11.2. The first-order chi connectivity index (χ1) is 12.6. The molecular formula is C20H23N3OS2. The van der Waals surface area contributed by atoms with E-state index in [1.54, 1.807) is 23.1 Å². The van der Waals surface area contributed by atoms with Crippen LogP contribution in [0.2, 0.25) is 0 Å². The minimum atomic E-state index is 0.0859. The molecule has 0 fully saturated rings. The van der Waals surface area contributed by atoms with Crippen LogP contribution in [0, 0.1) is 0 Å². The molecule has 0 spiro atoms. The van der Waals surface area contributed by atoms with Crippen LogP contribution < -0.4 is 4.90 Å². The number of para-hydroxylation sites is 1. The summed E-state index contributed by atoms with van der Waals surface area (Å²) in [6.45, 7) is 1.43. The van der Waals surface area contributed by atoms with Gasteiger partial charge in [0, 0.05) is 18.0 Å². The Morgan fingerprint density at radius 1 is 1.08 bits per heavy atom. The maximum absolute atomic E-state index is 13.0. The van der Waals surface area contributed by atoms with Gasteiger partial charge in [0.15, 0.2) is 5.13 Å². The van der Waals surface area contributed by atoms with E-state index in [1.165, 1.54) is 0 Å². The summed E-state index contributed by atoms with van der Waals surface area (Å²) in [6, 6.07) is 16.1. The minimum Gasteiger partial charge on any atom is -0.308 e. The van der Waals surface area contributed by atoms with Gasteiger partial charge < -0.3 is 4.90 Å². The lowest BCUT2D eigenvalue weighted by Gasteiger charge is -2.22. The van der Waals surface area contributed by atoms with Crippen LogP contribution in [0.15, 0.2) is 53.4 Å². The molecular weight excluding hydrogens is 362 g/mol. The van der Waals surface area contributed by atoms with Crippen LogP contribution in [-0.2, 0) is 11.2 Å². The average molecular weight is 386 g/mol. The number of nitrogens with zero attached hydrogens (tertiary/aromatic N) is 3. The Balaban J connectivity index is 1.91. The van der Waals surface area contributed by atoms with Crippen molar-refractivity contribution in [1.82, 2.24) is 9.88 Å². The number of hydrogen-bond acceptors (Lipinski definition) is 5. The number of thioether (sulfide) groups is 1. The topological polar surface area (TPSA) is 36.4 Å². The zero-order chi connectivity index (χ0) is 18.5. The van der Waals surface area contributed by atoms with Crippen LogP contribution in [0.4, 0.5) is 5.13 Å². The predicted octanol–water partition coefficient (Wildman–Crippen LogP) is 4.16. The van der Waals surface area contributed by atoms with Crippen molar-refractivity contribution < 1.29 is 4.79 Å². The highest BCUT2D eigenvalue weighted by Crippen LogP contribution is 2.34.